The highest BCUT2D eigenvalue weighted by molar-refractivity contribution is 4.92. The van der Waals surface area contributed by atoms with Crippen molar-refractivity contribution >= 4 is 0 Å². The molecule has 1 saturated carbocycles. The predicted octanol–water partition coefficient (Wildman–Crippen LogP) is 3.35. The fraction of sp³-hybridized carbons (Fsp3) is 1.00. The van der Waals surface area contributed by atoms with Crippen molar-refractivity contribution < 1.29 is 4.74 Å². The molecule has 1 aliphatic rings. The second kappa shape index (κ2) is 6.61. The summed E-state index contributed by atoms with van der Waals surface area (Å²) < 4.78 is 5.66. The first-order valence-corrected chi connectivity index (χ1v) is 6.92. The van der Waals surface area contributed by atoms with E-state index in [-0.39, 0.29) is 5.54 Å². The van der Waals surface area contributed by atoms with E-state index in [2.05, 4.69) is 20.8 Å². The molecule has 1 rings (SSSR count). The van der Waals surface area contributed by atoms with Crippen LogP contribution in [-0.4, -0.2) is 18.8 Å². The molecule has 0 aromatic carbocycles. The molecule has 1 fully saturated rings. The fourth-order valence-electron chi connectivity index (χ4n) is 2.54. The maximum Gasteiger partial charge on any atom is 0.0483 e. The minimum absolute atomic E-state index is 0.0819. The summed E-state index contributed by atoms with van der Waals surface area (Å²) in [5.41, 5.74) is 6.47. The maximum absolute atomic E-state index is 6.39. The Morgan fingerprint density at radius 3 is 2.69 bits per heavy atom. The SMILES string of the molecule is CCC1CCC(N)(CCOCCC(C)C)C1. The van der Waals surface area contributed by atoms with Crippen molar-refractivity contribution in [3.8, 4) is 0 Å². The third-order valence-electron chi connectivity index (χ3n) is 3.91. The van der Waals surface area contributed by atoms with Crippen molar-refractivity contribution in [1.82, 2.24) is 0 Å². The third kappa shape index (κ3) is 4.84. The lowest BCUT2D eigenvalue weighted by molar-refractivity contribution is 0.105. The van der Waals surface area contributed by atoms with Gasteiger partial charge in [-0.3, -0.25) is 0 Å². The van der Waals surface area contributed by atoms with E-state index in [1.807, 2.05) is 0 Å². The van der Waals surface area contributed by atoms with E-state index in [0.29, 0.717) is 0 Å². The molecule has 0 amide bonds. The molecule has 0 heterocycles. The Labute approximate surface area is 101 Å². The van der Waals surface area contributed by atoms with Crippen LogP contribution >= 0.6 is 0 Å². The van der Waals surface area contributed by atoms with E-state index >= 15 is 0 Å². The first kappa shape index (κ1) is 14.0. The average molecular weight is 227 g/mol. The summed E-state index contributed by atoms with van der Waals surface area (Å²) in [6.45, 7) is 8.48. The molecular weight excluding hydrogens is 198 g/mol. The maximum atomic E-state index is 6.39. The minimum atomic E-state index is 0.0819. The van der Waals surface area contributed by atoms with Crippen molar-refractivity contribution in [3.63, 3.8) is 0 Å². The third-order valence-corrected chi connectivity index (χ3v) is 3.91. The van der Waals surface area contributed by atoms with Crippen LogP contribution in [0.3, 0.4) is 0 Å². The van der Waals surface area contributed by atoms with Crippen LogP contribution in [0.25, 0.3) is 0 Å². The quantitative estimate of drug-likeness (QED) is 0.677. The molecule has 2 unspecified atom stereocenters. The Kier molecular flexibility index (Phi) is 5.77. The van der Waals surface area contributed by atoms with Crippen molar-refractivity contribution in [2.75, 3.05) is 13.2 Å². The predicted molar refractivity (Wildman–Crippen MR) is 69.4 cm³/mol. The topological polar surface area (TPSA) is 35.2 Å². The Bertz CT molecular complexity index is 193. The lowest BCUT2D eigenvalue weighted by Gasteiger charge is -2.24. The molecule has 2 nitrogen and oxygen atoms in total. The molecule has 0 bridgehead atoms. The molecule has 0 aromatic rings. The lowest BCUT2D eigenvalue weighted by Crippen LogP contribution is -2.38. The first-order valence-electron chi connectivity index (χ1n) is 6.92. The summed E-state index contributed by atoms with van der Waals surface area (Å²) in [5.74, 6) is 1.60. The van der Waals surface area contributed by atoms with Gasteiger partial charge in [-0.1, -0.05) is 27.2 Å². The van der Waals surface area contributed by atoms with Crippen LogP contribution in [-0.2, 0) is 4.74 Å². The zero-order valence-electron chi connectivity index (χ0n) is 11.3. The summed E-state index contributed by atoms with van der Waals surface area (Å²) in [4.78, 5) is 0. The normalized spacial score (nSPS) is 30.2. The van der Waals surface area contributed by atoms with Gasteiger partial charge in [0.1, 0.15) is 0 Å². The van der Waals surface area contributed by atoms with E-state index in [0.717, 1.165) is 37.9 Å². The fourth-order valence-corrected chi connectivity index (χ4v) is 2.54. The Morgan fingerprint density at radius 1 is 1.38 bits per heavy atom. The minimum Gasteiger partial charge on any atom is -0.381 e. The van der Waals surface area contributed by atoms with E-state index in [9.17, 15) is 0 Å². The number of hydrogen-bond acceptors (Lipinski definition) is 2. The highest BCUT2D eigenvalue weighted by Crippen LogP contribution is 2.36. The van der Waals surface area contributed by atoms with E-state index in [1.165, 1.54) is 25.7 Å². The summed E-state index contributed by atoms with van der Waals surface area (Å²) >= 11 is 0. The number of rotatable bonds is 7. The van der Waals surface area contributed by atoms with Crippen molar-refractivity contribution in [1.29, 1.82) is 0 Å². The van der Waals surface area contributed by atoms with Gasteiger partial charge in [0.2, 0.25) is 0 Å². The van der Waals surface area contributed by atoms with Crippen LogP contribution in [0.5, 0.6) is 0 Å². The van der Waals surface area contributed by atoms with Gasteiger partial charge in [-0.05, 0) is 43.9 Å². The molecular formula is C14H29NO. The van der Waals surface area contributed by atoms with Gasteiger partial charge >= 0.3 is 0 Å². The average Bonchev–Trinajstić information content (AvgIpc) is 2.60. The first-order chi connectivity index (χ1) is 7.56. The van der Waals surface area contributed by atoms with E-state index < -0.39 is 0 Å². The smallest absolute Gasteiger partial charge is 0.0483 e. The Morgan fingerprint density at radius 2 is 2.12 bits per heavy atom. The number of hydrogen-bond donors (Lipinski definition) is 1. The number of nitrogens with two attached hydrogens (primary N) is 1. The standard InChI is InChI=1S/C14H29NO/c1-4-13-5-7-14(15,11-13)8-10-16-9-6-12(2)3/h12-13H,4-11,15H2,1-3H3. The zero-order chi connectivity index (χ0) is 12.0. The summed E-state index contributed by atoms with van der Waals surface area (Å²) in [6.07, 6.45) is 7.21. The molecule has 0 saturated heterocycles. The van der Waals surface area contributed by atoms with Gasteiger partial charge in [0.15, 0.2) is 0 Å². The molecule has 2 N–H and O–H groups in total. The highest BCUT2D eigenvalue weighted by Gasteiger charge is 2.34. The van der Waals surface area contributed by atoms with Crippen LogP contribution in [0.2, 0.25) is 0 Å². The van der Waals surface area contributed by atoms with Crippen LogP contribution < -0.4 is 5.73 Å². The van der Waals surface area contributed by atoms with Crippen molar-refractivity contribution in [2.24, 2.45) is 17.6 Å². The van der Waals surface area contributed by atoms with Gasteiger partial charge in [0, 0.05) is 18.8 Å². The van der Waals surface area contributed by atoms with Crippen molar-refractivity contribution in [3.05, 3.63) is 0 Å². The van der Waals surface area contributed by atoms with Crippen LogP contribution in [0.15, 0.2) is 0 Å². The molecule has 0 radical (unpaired) electrons. The summed E-state index contributed by atoms with van der Waals surface area (Å²) in [5, 5.41) is 0. The van der Waals surface area contributed by atoms with Crippen LogP contribution in [0, 0.1) is 11.8 Å². The van der Waals surface area contributed by atoms with Gasteiger partial charge in [-0.15, -0.1) is 0 Å². The van der Waals surface area contributed by atoms with Crippen molar-refractivity contribution in [2.45, 2.75) is 64.8 Å². The largest absolute Gasteiger partial charge is 0.381 e. The molecule has 0 aliphatic heterocycles. The van der Waals surface area contributed by atoms with E-state index in [1.54, 1.807) is 0 Å². The second-order valence-corrected chi connectivity index (χ2v) is 5.92. The highest BCUT2D eigenvalue weighted by atomic mass is 16.5. The van der Waals surface area contributed by atoms with Gasteiger partial charge < -0.3 is 10.5 Å². The molecule has 16 heavy (non-hydrogen) atoms. The summed E-state index contributed by atoms with van der Waals surface area (Å²) in [7, 11) is 0. The number of ether oxygens (including phenoxy) is 1. The molecule has 1 aliphatic carbocycles. The van der Waals surface area contributed by atoms with Gasteiger partial charge in [0.25, 0.3) is 0 Å². The van der Waals surface area contributed by atoms with Gasteiger partial charge in [-0.2, -0.15) is 0 Å². The van der Waals surface area contributed by atoms with Gasteiger partial charge in [-0.25, -0.2) is 0 Å². The Hall–Kier alpha value is -0.0800. The second-order valence-electron chi connectivity index (χ2n) is 5.92. The Balaban J connectivity index is 2.08. The van der Waals surface area contributed by atoms with Crippen LogP contribution in [0.1, 0.15) is 59.3 Å². The lowest BCUT2D eigenvalue weighted by atomic mass is 9.93. The molecule has 96 valence electrons. The molecule has 2 heteroatoms. The monoisotopic (exact) mass is 227 g/mol. The van der Waals surface area contributed by atoms with Crippen LogP contribution in [0.4, 0.5) is 0 Å². The molecule has 2 atom stereocenters. The zero-order valence-corrected chi connectivity index (χ0v) is 11.3. The molecule has 0 spiro atoms. The molecule has 0 aromatic heterocycles. The van der Waals surface area contributed by atoms with E-state index in [4.69, 9.17) is 10.5 Å². The van der Waals surface area contributed by atoms with Gasteiger partial charge in [0.05, 0.1) is 0 Å². The summed E-state index contributed by atoms with van der Waals surface area (Å²) in [6, 6.07) is 0.